The highest BCUT2D eigenvalue weighted by Gasteiger charge is 2.16. The second-order valence-electron chi connectivity index (χ2n) is 3.90. The Morgan fingerprint density at radius 3 is 2.17 bits per heavy atom. The molecule has 0 heterocycles. The van der Waals surface area contributed by atoms with Gasteiger partial charge in [0.25, 0.3) is 0 Å². The standard InChI is InChI=1S/C10H23NS/c1-8(2)10(9(3)11)6-5-7-12-4/h8-10H,5-7,11H2,1-4H3. The molecule has 0 amide bonds. The van der Waals surface area contributed by atoms with E-state index in [0.717, 1.165) is 5.92 Å². The molecule has 2 heteroatoms. The Morgan fingerprint density at radius 1 is 1.25 bits per heavy atom. The van der Waals surface area contributed by atoms with Gasteiger partial charge in [-0.3, -0.25) is 0 Å². The van der Waals surface area contributed by atoms with Crippen molar-refractivity contribution in [3.63, 3.8) is 0 Å². The zero-order valence-corrected chi connectivity index (χ0v) is 9.66. The van der Waals surface area contributed by atoms with Crippen molar-refractivity contribution >= 4 is 11.8 Å². The van der Waals surface area contributed by atoms with Gasteiger partial charge in [-0.2, -0.15) is 11.8 Å². The van der Waals surface area contributed by atoms with E-state index in [9.17, 15) is 0 Å². The third kappa shape index (κ3) is 5.04. The van der Waals surface area contributed by atoms with Crippen LogP contribution in [0.2, 0.25) is 0 Å². The maximum Gasteiger partial charge on any atom is 0.00412 e. The lowest BCUT2D eigenvalue weighted by Crippen LogP contribution is -2.30. The molecule has 0 saturated carbocycles. The zero-order chi connectivity index (χ0) is 9.56. The second kappa shape index (κ2) is 6.79. The maximum atomic E-state index is 5.91. The van der Waals surface area contributed by atoms with Gasteiger partial charge in [0.2, 0.25) is 0 Å². The van der Waals surface area contributed by atoms with Gasteiger partial charge in [-0.1, -0.05) is 13.8 Å². The summed E-state index contributed by atoms with van der Waals surface area (Å²) in [5, 5.41) is 0. The highest BCUT2D eigenvalue weighted by atomic mass is 32.2. The van der Waals surface area contributed by atoms with Crippen molar-refractivity contribution in [2.75, 3.05) is 12.0 Å². The fourth-order valence-electron chi connectivity index (χ4n) is 1.67. The molecule has 0 aromatic rings. The first kappa shape index (κ1) is 12.3. The van der Waals surface area contributed by atoms with E-state index in [1.165, 1.54) is 18.6 Å². The average Bonchev–Trinajstić information content (AvgIpc) is 1.96. The second-order valence-corrected chi connectivity index (χ2v) is 4.89. The normalized spacial score (nSPS) is 16.5. The SMILES string of the molecule is CSCCCC(C(C)C)C(C)N. The van der Waals surface area contributed by atoms with Crippen molar-refractivity contribution < 1.29 is 0 Å². The summed E-state index contributed by atoms with van der Waals surface area (Å²) in [4.78, 5) is 0. The largest absolute Gasteiger partial charge is 0.328 e. The highest BCUT2D eigenvalue weighted by Crippen LogP contribution is 2.20. The van der Waals surface area contributed by atoms with Crippen LogP contribution in [0.4, 0.5) is 0 Å². The number of hydrogen-bond donors (Lipinski definition) is 1. The molecule has 0 aromatic carbocycles. The minimum Gasteiger partial charge on any atom is -0.328 e. The molecule has 0 rings (SSSR count). The van der Waals surface area contributed by atoms with Crippen LogP contribution in [0.15, 0.2) is 0 Å². The fraction of sp³-hybridized carbons (Fsp3) is 1.00. The molecule has 0 aliphatic rings. The Balaban J connectivity index is 3.64. The monoisotopic (exact) mass is 189 g/mol. The van der Waals surface area contributed by atoms with E-state index in [4.69, 9.17) is 5.73 Å². The molecule has 74 valence electrons. The molecule has 0 aromatic heterocycles. The first-order valence-corrected chi connectivity index (χ1v) is 6.23. The van der Waals surface area contributed by atoms with E-state index < -0.39 is 0 Å². The molecule has 0 saturated heterocycles. The van der Waals surface area contributed by atoms with Crippen LogP contribution in [-0.2, 0) is 0 Å². The molecule has 2 N–H and O–H groups in total. The first-order valence-electron chi connectivity index (χ1n) is 4.84. The van der Waals surface area contributed by atoms with Crippen LogP contribution in [0.25, 0.3) is 0 Å². The smallest absolute Gasteiger partial charge is 0.00412 e. The van der Waals surface area contributed by atoms with Crippen molar-refractivity contribution in [2.24, 2.45) is 17.6 Å². The summed E-state index contributed by atoms with van der Waals surface area (Å²) in [5.74, 6) is 2.71. The van der Waals surface area contributed by atoms with Gasteiger partial charge in [0.1, 0.15) is 0 Å². The molecule has 0 aliphatic heterocycles. The van der Waals surface area contributed by atoms with Gasteiger partial charge in [-0.05, 0) is 43.6 Å². The summed E-state index contributed by atoms with van der Waals surface area (Å²) in [6.45, 7) is 6.67. The van der Waals surface area contributed by atoms with Crippen LogP contribution >= 0.6 is 11.8 Å². The van der Waals surface area contributed by atoms with Crippen LogP contribution in [0, 0.1) is 11.8 Å². The van der Waals surface area contributed by atoms with Gasteiger partial charge >= 0.3 is 0 Å². The van der Waals surface area contributed by atoms with Gasteiger partial charge in [0, 0.05) is 6.04 Å². The summed E-state index contributed by atoms with van der Waals surface area (Å²) in [7, 11) is 0. The van der Waals surface area contributed by atoms with Gasteiger partial charge < -0.3 is 5.73 Å². The summed E-state index contributed by atoms with van der Waals surface area (Å²) in [5.41, 5.74) is 5.91. The first-order chi connectivity index (χ1) is 5.59. The molecule has 0 fully saturated rings. The third-order valence-electron chi connectivity index (χ3n) is 2.42. The number of nitrogens with two attached hydrogens (primary N) is 1. The van der Waals surface area contributed by atoms with E-state index >= 15 is 0 Å². The topological polar surface area (TPSA) is 26.0 Å². The number of rotatable bonds is 6. The van der Waals surface area contributed by atoms with Crippen LogP contribution in [0.5, 0.6) is 0 Å². The van der Waals surface area contributed by atoms with Crippen LogP contribution in [-0.4, -0.2) is 18.1 Å². The average molecular weight is 189 g/mol. The Kier molecular flexibility index (Phi) is 6.96. The maximum absolute atomic E-state index is 5.91. The van der Waals surface area contributed by atoms with Crippen molar-refractivity contribution in [1.29, 1.82) is 0 Å². The summed E-state index contributed by atoms with van der Waals surface area (Å²) in [6, 6.07) is 0.354. The van der Waals surface area contributed by atoms with Crippen LogP contribution in [0.3, 0.4) is 0 Å². The predicted molar refractivity (Wildman–Crippen MR) is 59.6 cm³/mol. The molecule has 2 atom stereocenters. The molecular formula is C10H23NS. The zero-order valence-electron chi connectivity index (χ0n) is 8.84. The van der Waals surface area contributed by atoms with E-state index in [-0.39, 0.29) is 0 Å². The van der Waals surface area contributed by atoms with Crippen molar-refractivity contribution in [2.45, 2.75) is 39.7 Å². The van der Waals surface area contributed by atoms with Gasteiger partial charge in [0.05, 0.1) is 0 Å². The van der Waals surface area contributed by atoms with Crippen molar-refractivity contribution in [1.82, 2.24) is 0 Å². The molecular weight excluding hydrogens is 166 g/mol. The van der Waals surface area contributed by atoms with Crippen molar-refractivity contribution in [3.8, 4) is 0 Å². The summed E-state index contributed by atoms with van der Waals surface area (Å²) >= 11 is 1.93. The molecule has 0 radical (unpaired) electrons. The minimum atomic E-state index is 0.354. The quantitative estimate of drug-likeness (QED) is 0.650. The Bertz CT molecular complexity index is 94.0. The van der Waals surface area contributed by atoms with E-state index in [1.54, 1.807) is 0 Å². The predicted octanol–water partition coefficient (Wildman–Crippen LogP) is 2.75. The Morgan fingerprint density at radius 2 is 1.83 bits per heavy atom. The Hall–Kier alpha value is 0.310. The minimum absolute atomic E-state index is 0.354. The van der Waals surface area contributed by atoms with Crippen LogP contribution in [0.1, 0.15) is 33.6 Å². The summed E-state index contributed by atoms with van der Waals surface area (Å²) < 4.78 is 0. The third-order valence-corrected chi connectivity index (χ3v) is 3.11. The van der Waals surface area contributed by atoms with Gasteiger partial charge in [0.15, 0.2) is 0 Å². The van der Waals surface area contributed by atoms with Gasteiger partial charge in [-0.25, -0.2) is 0 Å². The van der Waals surface area contributed by atoms with E-state index in [0.29, 0.717) is 12.0 Å². The summed E-state index contributed by atoms with van der Waals surface area (Å²) in [6.07, 6.45) is 4.76. The number of thioether (sulfide) groups is 1. The molecule has 1 nitrogen and oxygen atoms in total. The number of hydrogen-bond acceptors (Lipinski definition) is 2. The highest BCUT2D eigenvalue weighted by molar-refractivity contribution is 7.98. The van der Waals surface area contributed by atoms with E-state index in [1.807, 2.05) is 11.8 Å². The van der Waals surface area contributed by atoms with Crippen LogP contribution < -0.4 is 5.73 Å². The molecule has 0 aliphatic carbocycles. The molecule has 0 bridgehead atoms. The molecule has 0 spiro atoms. The van der Waals surface area contributed by atoms with Crippen molar-refractivity contribution in [3.05, 3.63) is 0 Å². The molecule has 2 unspecified atom stereocenters. The lowest BCUT2D eigenvalue weighted by molar-refractivity contribution is 0.309. The van der Waals surface area contributed by atoms with E-state index in [2.05, 4.69) is 27.0 Å². The molecule has 12 heavy (non-hydrogen) atoms. The van der Waals surface area contributed by atoms with Gasteiger partial charge in [-0.15, -0.1) is 0 Å². The Labute approximate surface area is 81.5 Å². The lowest BCUT2D eigenvalue weighted by atomic mass is 9.86. The fourth-order valence-corrected chi connectivity index (χ4v) is 2.12. The lowest BCUT2D eigenvalue weighted by Gasteiger charge is -2.24.